The van der Waals surface area contributed by atoms with Crippen molar-refractivity contribution in [1.82, 2.24) is 0 Å². The predicted octanol–water partition coefficient (Wildman–Crippen LogP) is 3.71. The zero-order valence-corrected chi connectivity index (χ0v) is 11.4. The van der Waals surface area contributed by atoms with E-state index >= 15 is 0 Å². The van der Waals surface area contributed by atoms with Crippen molar-refractivity contribution in [1.29, 1.82) is 0 Å². The second-order valence-corrected chi connectivity index (χ2v) is 5.81. The zero-order valence-electron chi connectivity index (χ0n) is 10.6. The molecule has 0 aliphatic heterocycles. The summed E-state index contributed by atoms with van der Waals surface area (Å²) >= 11 is 1.74. The number of hydrogen-bond acceptors (Lipinski definition) is 3. The third kappa shape index (κ3) is 3.35. The molecule has 19 heavy (non-hydrogen) atoms. The molecule has 1 aromatic heterocycles. The number of anilines is 2. The largest absolute Gasteiger partial charge is 0.380 e. The Balaban J connectivity index is 1.60. The number of benzene rings is 1. The molecule has 1 aliphatic carbocycles. The molecule has 1 aromatic carbocycles. The molecule has 0 saturated heterocycles. The molecular weight excluding hydrogens is 256 g/mol. The minimum absolute atomic E-state index is 0.149. The number of amides is 1. The molecule has 1 fully saturated rings. The van der Waals surface area contributed by atoms with Gasteiger partial charge in [0.25, 0.3) is 0 Å². The van der Waals surface area contributed by atoms with Crippen molar-refractivity contribution in [2.24, 2.45) is 5.92 Å². The summed E-state index contributed by atoms with van der Waals surface area (Å²) in [6, 6.07) is 12.0. The van der Waals surface area contributed by atoms with E-state index in [0.717, 1.165) is 30.8 Å². The third-order valence-electron chi connectivity index (χ3n) is 3.13. The van der Waals surface area contributed by atoms with Gasteiger partial charge < -0.3 is 10.6 Å². The van der Waals surface area contributed by atoms with Gasteiger partial charge in [-0.05, 0) is 42.5 Å². The van der Waals surface area contributed by atoms with E-state index in [1.165, 1.54) is 4.88 Å². The van der Waals surface area contributed by atoms with Gasteiger partial charge in [0.1, 0.15) is 0 Å². The summed E-state index contributed by atoms with van der Waals surface area (Å²) in [6.45, 7) is 0.817. The Morgan fingerprint density at radius 2 is 2.05 bits per heavy atom. The van der Waals surface area contributed by atoms with Crippen LogP contribution in [0.15, 0.2) is 41.8 Å². The molecule has 98 valence electrons. The van der Waals surface area contributed by atoms with Crippen LogP contribution in [-0.2, 0) is 11.3 Å². The van der Waals surface area contributed by atoms with Gasteiger partial charge in [-0.2, -0.15) is 0 Å². The molecule has 1 heterocycles. The van der Waals surface area contributed by atoms with Crippen LogP contribution in [0.4, 0.5) is 11.4 Å². The van der Waals surface area contributed by atoms with Crippen LogP contribution in [0.25, 0.3) is 0 Å². The molecule has 1 aliphatic rings. The highest BCUT2D eigenvalue weighted by molar-refractivity contribution is 7.09. The summed E-state index contributed by atoms with van der Waals surface area (Å²) in [5, 5.41) is 8.40. The summed E-state index contributed by atoms with van der Waals surface area (Å²) < 4.78 is 0. The molecule has 0 unspecified atom stereocenters. The minimum atomic E-state index is 0.149. The van der Waals surface area contributed by atoms with Gasteiger partial charge >= 0.3 is 0 Å². The van der Waals surface area contributed by atoms with E-state index in [-0.39, 0.29) is 11.8 Å². The van der Waals surface area contributed by atoms with E-state index in [0.29, 0.717) is 0 Å². The smallest absolute Gasteiger partial charge is 0.227 e. The SMILES string of the molecule is O=C(Nc1cccc(NCc2cccs2)c1)C1CC1. The standard InChI is InChI=1S/C15H16N2OS/c18-15(11-6-7-11)17-13-4-1-3-12(9-13)16-10-14-5-2-8-19-14/h1-5,8-9,11,16H,6-7,10H2,(H,17,18). The zero-order chi connectivity index (χ0) is 13.1. The van der Waals surface area contributed by atoms with Crippen LogP contribution in [0.1, 0.15) is 17.7 Å². The maximum atomic E-state index is 11.7. The molecule has 0 spiro atoms. The molecule has 2 aromatic rings. The van der Waals surface area contributed by atoms with Gasteiger partial charge in [-0.1, -0.05) is 12.1 Å². The lowest BCUT2D eigenvalue weighted by Crippen LogP contribution is -2.13. The molecule has 4 heteroatoms. The van der Waals surface area contributed by atoms with Crippen LogP contribution in [0.3, 0.4) is 0 Å². The topological polar surface area (TPSA) is 41.1 Å². The number of thiophene rings is 1. The van der Waals surface area contributed by atoms with Gasteiger partial charge in [-0.25, -0.2) is 0 Å². The molecule has 1 saturated carbocycles. The summed E-state index contributed by atoms with van der Waals surface area (Å²) in [5.74, 6) is 0.387. The van der Waals surface area contributed by atoms with Gasteiger partial charge in [-0.15, -0.1) is 11.3 Å². The fourth-order valence-electron chi connectivity index (χ4n) is 1.90. The predicted molar refractivity (Wildman–Crippen MR) is 79.4 cm³/mol. The highest BCUT2D eigenvalue weighted by Crippen LogP contribution is 2.30. The van der Waals surface area contributed by atoms with Gasteiger partial charge in [0.15, 0.2) is 0 Å². The van der Waals surface area contributed by atoms with Crippen LogP contribution >= 0.6 is 11.3 Å². The van der Waals surface area contributed by atoms with Crippen molar-refractivity contribution in [2.75, 3.05) is 10.6 Å². The van der Waals surface area contributed by atoms with Crippen LogP contribution in [0, 0.1) is 5.92 Å². The fourth-order valence-corrected chi connectivity index (χ4v) is 2.54. The molecular formula is C15H16N2OS. The van der Waals surface area contributed by atoms with Crippen molar-refractivity contribution in [2.45, 2.75) is 19.4 Å². The number of carbonyl (C=O) groups is 1. The Kier molecular flexibility index (Phi) is 3.51. The van der Waals surface area contributed by atoms with Crippen molar-refractivity contribution in [3.05, 3.63) is 46.7 Å². The van der Waals surface area contributed by atoms with Gasteiger partial charge in [0, 0.05) is 28.7 Å². The molecule has 1 amide bonds. The van der Waals surface area contributed by atoms with Crippen molar-refractivity contribution >= 4 is 28.6 Å². The molecule has 3 rings (SSSR count). The maximum absolute atomic E-state index is 11.7. The summed E-state index contributed by atoms with van der Waals surface area (Å²) in [5.41, 5.74) is 1.90. The number of hydrogen-bond donors (Lipinski definition) is 2. The Labute approximate surface area is 116 Å². The average molecular weight is 272 g/mol. The Morgan fingerprint density at radius 3 is 2.79 bits per heavy atom. The van der Waals surface area contributed by atoms with E-state index < -0.39 is 0 Å². The Bertz CT molecular complexity index is 561. The van der Waals surface area contributed by atoms with Crippen LogP contribution in [0.2, 0.25) is 0 Å². The van der Waals surface area contributed by atoms with E-state index in [9.17, 15) is 4.79 Å². The lowest BCUT2D eigenvalue weighted by Gasteiger charge is -2.08. The quantitative estimate of drug-likeness (QED) is 0.871. The van der Waals surface area contributed by atoms with Gasteiger partial charge in [0.05, 0.1) is 0 Å². The first-order valence-corrected chi connectivity index (χ1v) is 7.36. The normalized spacial score (nSPS) is 14.1. The second kappa shape index (κ2) is 5.45. The van der Waals surface area contributed by atoms with Gasteiger partial charge in [-0.3, -0.25) is 4.79 Å². The summed E-state index contributed by atoms with van der Waals surface area (Å²) in [4.78, 5) is 13.0. The monoisotopic (exact) mass is 272 g/mol. The third-order valence-corrected chi connectivity index (χ3v) is 4.00. The lowest BCUT2D eigenvalue weighted by atomic mass is 10.2. The van der Waals surface area contributed by atoms with Crippen molar-refractivity contribution in [3.8, 4) is 0 Å². The van der Waals surface area contributed by atoms with Crippen molar-refractivity contribution < 1.29 is 4.79 Å². The second-order valence-electron chi connectivity index (χ2n) is 4.78. The number of carbonyl (C=O) groups excluding carboxylic acids is 1. The molecule has 0 radical (unpaired) electrons. The lowest BCUT2D eigenvalue weighted by molar-refractivity contribution is -0.117. The van der Waals surface area contributed by atoms with Crippen LogP contribution in [0.5, 0.6) is 0 Å². The summed E-state index contributed by atoms with van der Waals surface area (Å²) in [6.07, 6.45) is 2.06. The molecule has 2 N–H and O–H groups in total. The number of nitrogens with one attached hydrogen (secondary N) is 2. The first-order chi connectivity index (χ1) is 9.31. The Hall–Kier alpha value is -1.81. The highest BCUT2D eigenvalue weighted by atomic mass is 32.1. The van der Waals surface area contributed by atoms with E-state index in [4.69, 9.17) is 0 Å². The molecule has 0 atom stereocenters. The molecule has 0 bridgehead atoms. The summed E-state index contributed by atoms with van der Waals surface area (Å²) in [7, 11) is 0. The van der Waals surface area contributed by atoms with Crippen molar-refractivity contribution in [3.63, 3.8) is 0 Å². The minimum Gasteiger partial charge on any atom is -0.380 e. The average Bonchev–Trinajstić information content (AvgIpc) is 3.14. The maximum Gasteiger partial charge on any atom is 0.227 e. The first-order valence-electron chi connectivity index (χ1n) is 6.48. The van der Waals surface area contributed by atoms with E-state index in [1.54, 1.807) is 11.3 Å². The van der Waals surface area contributed by atoms with Gasteiger partial charge in [0.2, 0.25) is 5.91 Å². The molecule has 3 nitrogen and oxygen atoms in total. The van der Waals surface area contributed by atoms with E-state index in [1.807, 2.05) is 30.3 Å². The first kappa shape index (κ1) is 12.2. The number of rotatable bonds is 5. The van der Waals surface area contributed by atoms with Crippen LogP contribution in [-0.4, -0.2) is 5.91 Å². The fraction of sp³-hybridized carbons (Fsp3) is 0.267. The highest BCUT2D eigenvalue weighted by Gasteiger charge is 2.29. The van der Waals surface area contributed by atoms with E-state index in [2.05, 4.69) is 22.1 Å². The van der Waals surface area contributed by atoms with Crippen LogP contribution < -0.4 is 10.6 Å². The Morgan fingerprint density at radius 1 is 1.21 bits per heavy atom.